The van der Waals surface area contributed by atoms with Crippen LogP contribution >= 0.6 is 0 Å². The Hall–Kier alpha value is -2.30. The van der Waals surface area contributed by atoms with Gasteiger partial charge in [0.15, 0.2) is 0 Å². The van der Waals surface area contributed by atoms with E-state index < -0.39 is 0 Å². The molecule has 0 radical (unpaired) electrons. The predicted molar refractivity (Wildman–Crippen MR) is 91.6 cm³/mol. The maximum absolute atomic E-state index is 12.1. The number of rotatable bonds is 5. The Morgan fingerprint density at radius 1 is 1.22 bits per heavy atom. The molecular formula is C18H23N3O2. The predicted octanol–water partition coefficient (Wildman–Crippen LogP) is 3.43. The van der Waals surface area contributed by atoms with E-state index in [9.17, 15) is 4.79 Å². The number of aryl methyl sites for hydroxylation is 1. The summed E-state index contributed by atoms with van der Waals surface area (Å²) < 4.78 is 5.66. The Morgan fingerprint density at radius 2 is 1.96 bits per heavy atom. The van der Waals surface area contributed by atoms with Crippen molar-refractivity contribution in [1.29, 1.82) is 0 Å². The summed E-state index contributed by atoms with van der Waals surface area (Å²) in [6.45, 7) is 4.94. The van der Waals surface area contributed by atoms with Crippen molar-refractivity contribution in [2.45, 2.75) is 39.5 Å². The molecule has 0 fully saturated rings. The number of nitrogens with zero attached hydrogens (tertiary/aromatic N) is 1. The second-order valence-electron chi connectivity index (χ2n) is 6.40. The SMILES string of the molecule is CC(C)COc1ccc(Nc2nc3c(c(=O)[nH]2)CCCC3)cc1. The molecule has 1 aliphatic carbocycles. The molecule has 5 nitrogen and oxygen atoms in total. The number of aromatic amines is 1. The fraction of sp³-hybridized carbons (Fsp3) is 0.444. The summed E-state index contributed by atoms with van der Waals surface area (Å²) in [5, 5.41) is 3.16. The van der Waals surface area contributed by atoms with Gasteiger partial charge in [0.25, 0.3) is 5.56 Å². The van der Waals surface area contributed by atoms with Crippen molar-refractivity contribution >= 4 is 11.6 Å². The fourth-order valence-corrected chi connectivity index (χ4v) is 2.70. The first-order valence-electron chi connectivity index (χ1n) is 8.24. The fourth-order valence-electron chi connectivity index (χ4n) is 2.70. The van der Waals surface area contributed by atoms with Crippen LogP contribution in [0.4, 0.5) is 11.6 Å². The number of H-pyrrole nitrogens is 1. The third-order valence-corrected chi connectivity index (χ3v) is 3.89. The Bertz CT molecular complexity index is 720. The first-order valence-corrected chi connectivity index (χ1v) is 8.24. The van der Waals surface area contributed by atoms with E-state index in [-0.39, 0.29) is 5.56 Å². The van der Waals surface area contributed by atoms with E-state index >= 15 is 0 Å². The molecule has 0 saturated carbocycles. The Kier molecular flexibility index (Phi) is 4.65. The number of nitrogens with one attached hydrogen (secondary N) is 2. The number of hydrogen-bond acceptors (Lipinski definition) is 4. The van der Waals surface area contributed by atoms with Gasteiger partial charge in [-0.15, -0.1) is 0 Å². The standard InChI is InChI=1S/C18H23N3O2/c1-12(2)11-23-14-9-7-13(8-10-14)19-18-20-16-6-4-3-5-15(16)17(22)21-18/h7-10,12H,3-6,11H2,1-2H3,(H2,19,20,21,22). The Balaban J connectivity index is 1.72. The van der Waals surface area contributed by atoms with Gasteiger partial charge in [0.1, 0.15) is 5.75 Å². The second kappa shape index (κ2) is 6.86. The minimum Gasteiger partial charge on any atom is -0.493 e. The summed E-state index contributed by atoms with van der Waals surface area (Å²) in [5.74, 6) is 1.85. The molecule has 0 amide bonds. The highest BCUT2D eigenvalue weighted by Crippen LogP contribution is 2.20. The quantitative estimate of drug-likeness (QED) is 0.887. The summed E-state index contributed by atoms with van der Waals surface area (Å²) in [4.78, 5) is 19.5. The van der Waals surface area contributed by atoms with Crippen LogP contribution in [0, 0.1) is 5.92 Å². The second-order valence-corrected chi connectivity index (χ2v) is 6.40. The van der Waals surface area contributed by atoms with E-state index in [1.54, 1.807) is 0 Å². The van der Waals surface area contributed by atoms with Gasteiger partial charge in [-0.05, 0) is 55.9 Å². The molecule has 0 bridgehead atoms. The summed E-state index contributed by atoms with van der Waals surface area (Å²) in [6.07, 6.45) is 3.89. The van der Waals surface area contributed by atoms with Crippen LogP contribution in [0.1, 0.15) is 37.9 Å². The lowest BCUT2D eigenvalue weighted by Crippen LogP contribution is -2.22. The van der Waals surface area contributed by atoms with E-state index in [2.05, 4.69) is 29.1 Å². The molecule has 2 N–H and O–H groups in total. The molecule has 0 saturated heterocycles. The third kappa shape index (κ3) is 3.92. The van der Waals surface area contributed by atoms with Gasteiger partial charge in [0, 0.05) is 11.3 Å². The maximum Gasteiger partial charge on any atom is 0.255 e. The van der Waals surface area contributed by atoms with Crippen molar-refractivity contribution < 1.29 is 4.74 Å². The zero-order valence-corrected chi connectivity index (χ0v) is 13.7. The normalized spacial score (nSPS) is 13.7. The molecule has 5 heteroatoms. The van der Waals surface area contributed by atoms with Crippen LogP contribution in [0.25, 0.3) is 0 Å². The van der Waals surface area contributed by atoms with Crippen molar-refractivity contribution in [3.8, 4) is 5.75 Å². The van der Waals surface area contributed by atoms with Crippen molar-refractivity contribution in [2.24, 2.45) is 5.92 Å². The molecule has 2 aromatic rings. The van der Waals surface area contributed by atoms with E-state index in [0.29, 0.717) is 18.5 Å². The van der Waals surface area contributed by atoms with Crippen molar-refractivity contribution in [2.75, 3.05) is 11.9 Å². The monoisotopic (exact) mass is 313 g/mol. The van der Waals surface area contributed by atoms with E-state index in [4.69, 9.17) is 4.74 Å². The summed E-state index contributed by atoms with van der Waals surface area (Å²) >= 11 is 0. The lowest BCUT2D eigenvalue weighted by Gasteiger charge is -2.15. The zero-order chi connectivity index (χ0) is 16.2. The first-order chi connectivity index (χ1) is 11.1. The van der Waals surface area contributed by atoms with Gasteiger partial charge >= 0.3 is 0 Å². The van der Waals surface area contributed by atoms with Crippen LogP contribution in [0.5, 0.6) is 5.75 Å². The molecular weight excluding hydrogens is 290 g/mol. The number of benzene rings is 1. The number of anilines is 2. The Labute approximate surface area is 136 Å². The highest BCUT2D eigenvalue weighted by atomic mass is 16.5. The lowest BCUT2D eigenvalue weighted by molar-refractivity contribution is 0.271. The number of hydrogen-bond donors (Lipinski definition) is 2. The molecule has 1 aromatic heterocycles. The average Bonchev–Trinajstić information content (AvgIpc) is 2.54. The van der Waals surface area contributed by atoms with Gasteiger partial charge in [0.2, 0.25) is 5.95 Å². The summed E-state index contributed by atoms with van der Waals surface area (Å²) in [6, 6.07) is 7.69. The maximum atomic E-state index is 12.1. The molecule has 122 valence electrons. The third-order valence-electron chi connectivity index (χ3n) is 3.89. The van der Waals surface area contributed by atoms with Gasteiger partial charge in [0.05, 0.1) is 12.3 Å². The largest absolute Gasteiger partial charge is 0.493 e. The molecule has 3 rings (SSSR count). The van der Waals surface area contributed by atoms with Crippen molar-refractivity contribution in [3.63, 3.8) is 0 Å². The van der Waals surface area contributed by atoms with Gasteiger partial charge < -0.3 is 10.1 Å². The molecule has 1 aromatic carbocycles. The van der Waals surface area contributed by atoms with Crippen LogP contribution in [0.3, 0.4) is 0 Å². The van der Waals surface area contributed by atoms with Crippen LogP contribution in [-0.2, 0) is 12.8 Å². The Morgan fingerprint density at radius 3 is 2.70 bits per heavy atom. The molecule has 0 atom stereocenters. The number of fused-ring (bicyclic) bond motifs is 1. The van der Waals surface area contributed by atoms with Gasteiger partial charge in [-0.1, -0.05) is 13.8 Å². The molecule has 0 aliphatic heterocycles. The minimum absolute atomic E-state index is 0.0194. The molecule has 23 heavy (non-hydrogen) atoms. The molecule has 0 spiro atoms. The smallest absolute Gasteiger partial charge is 0.255 e. The van der Waals surface area contributed by atoms with E-state index in [1.807, 2.05) is 24.3 Å². The van der Waals surface area contributed by atoms with Crippen LogP contribution in [0.2, 0.25) is 0 Å². The topological polar surface area (TPSA) is 67.0 Å². The lowest BCUT2D eigenvalue weighted by atomic mass is 9.97. The first kappa shape index (κ1) is 15.6. The minimum atomic E-state index is -0.0194. The van der Waals surface area contributed by atoms with Crippen LogP contribution < -0.4 is 15.6 Å². The van der Waals surface area contributed by atoms with Crippen molar-refractivity contribution in [1.82, 2.24) is 9.97 Å². The number of ether oxygens (including phenoxy) is 1. The van der Waals surface area contributed by atoms with Gasteiger partial charge in [-0.3, -0.25) is 9.78 Å². The highest BCUT2D eigenvalue weighted by Gasteiger charge is 2.15. The molecule has 1 aliphatic rings. The van der Waals surface area contributed by atoms with Crippen molar-refractivity contribution in [3.05, 3.63) is 45.9 Å². The van der Waals surface area contributed by atoms with Gasteiger partial charge in [-0.2, -0.15) is 0 Å². The van der Waals surface area contributed by atoms with E-state index in [1.165, 1.54) is 0 Å². The van der Waals surface area contributed by atoms with E-state index in [0.717, 1.165) is 48.4 Å². The molecule has 1 heterocycles. The highest BCUT2D eigenvalue weighted by molar-refractivity contribution is 5.54. The molecule has 0 unspecified atom stereocenters. The average molecular weight is 313 g/mol. The van der Waals surface area contributed by atoms with Gasteiger partial charge in [-0.25, -0.2) is 4.98 Å². The van der Waals surface area contributed by atoms with Crippen LogP contribution in [0.15, 0.2) is 29.1 Å². The number of aromatic nitrogens is 2. The summed E-state index contributed by atoms with van der Waals surface area (Å²) in [5.41, 5.74) is 2.63. The van der Waals surface area contributed by atoms with Crippen LogP contribution in [-0.4, -0.2) is 16.6 Å². The summed E-state index contributed by atoms with van der Waals surface area (Å²) in [7, 11) is 0. The zero-order valence-electron chi connectivity index (χ0n) is 13.7.